The largest absolute Gasteiger partial charge is 0.478 e. The number of hydrogen-bond acceptors (Lipinski definition) is 1. The fourth-order valence-corrected chi connectivity index (χ4v) is 1.46. The molecule has 0 amide bonds. The van der Waals surface area contributed by atoms with Crippen molar-refractivity contribution in [3.8, 4) is 0 Å². The number of benzene rings is 1. The molecule has 0 fully saturated rings. The molecule has 0 aliphatic heterocycles. The van der Waals surface area contributed by atoms with Gasteiger partial charge in [0.15, 0.2) is 0 Å². The molecule has 0 saturated heterocycles. The zero-order valence-electron chi connectivity index (χ0n) is 5.64. The first-order valence-electron chi connectivity index (χ1n) is 2.90. The summed E-state index contributed by atoms with van der Waals surface area (Å²) in [7, 11) is 0. The van der Waals surface area contributed by atoms with Crippen molar-refractivity contribution in [2.45, 2.75) is 0 Å². The second kappa shape index (κ2) is 3.57. The third kappa shape index (κ3) is 1.87. The van der Waals surface area contributed by atoms with Crippen molar-refractivity contribution in [2.75, 3.05) is 0 Å². The zero-order valence-corrected chi connectivity index (χ0v) is 8.56. The van der Waals surface area contributed by atoms with Crippen LogP contribution in [-0.2, 0) is 0 Å². The first-order valence-corrected chi connectivity index (χ1v) is 4.36. The summed E-state index contributed by atoms with van der Waals surface area (Å²) in [6.45, 7) is 0. The van der Waals surface area contributed by atoms with Gasteiger partial charge in [0.05, 0.1) is 10.6 Å². The van der Waals surface area contributed by atoms with E-state index in [1.807, 2.05) is 0 Å². The summed E-state index contributed by atoms with van der Waals surface area (Å²) in [6.07, 6.45) is 0. The molecule has 0 unspecified atom stereocenters. The van der Waals surface area contributed by atoms with Crippen molar-refractivity contribution in [1.82, 2.24) is 0 Å². The molecule has 0 aliphatic carbocycles. The maximum absolute atomic E-state index is 12.6. The molecular formula is C7H3ClFIO2. The van der Waals surface area contributed by atoms with E-state index in [0.29, 0.717) is 3.57 Å². The Kier molecular flexibility index (Phi) is 2.89. The molecule has 1 aromatic carbocycles. The van der Waals surface area contributed by atoms with Gasteiger partial charge in [0.2, 0.25) is 0 Å². The van der Waals surface area contributed by atoms with Crippen molar-refractivity contribution in [1.29, 1.82) is 0 Å². The predicted molar refractivity (Wildman–Crippen MR) is 51.1 cm³/mol. The van der Waals surface area contributed by atoms with Crippen LogP contribution in [0, 0.1) is 9.39 Å². The first-order chi connectivity index (χ1) is 5.52. The standard InChI is InChI=1S/C7H3ClFIO2/c8-5-2-3(9)1-4(6(5)10)7(11)12/h1-2H,(H,11,12). The Labute approximate surface area is 86.5 Å². The molecular weight excluding hydrogens is 297 g/mol. The highest BCUT2D eigenvalue weighted by atomic mass is 127. The monoisotopic (exact) mass is 300 g/mol. The highest BCUT2D eigenvalue weighted by Crippen LogP contribution is 2.23. The highest BCUT2D eigenvalue weighted by Gasteiger charge is 2.12. The number of aromatic carboxylic acids is 1. The molecule has 12 heavy (non-hydrogen) atoms. The number of carboxylic acid groups (broad SMARTS) is 1. The minimum absolute atomic E-state index is 0.111. The smallest absolute Gasteiger partial charge is 0.336 e. The molecule has 0 aromatic heterocycles. The second-order valence-corrected chi connectivity index (χ2v) is 3.54. The van der Waals surface area contributed by atoms with Crippen molar-refractivity contribution in [3.63, 3.8) is 0 Å². The van der Waals surface area contributed by atoms with Crippen LogP contribution >= 0.6 is 34.2 Å². The van der Waals surface area contributed by atoms with Gasteiger partial charge in [-0.05, 0) is 34.7 Å². The summed E-state index contributed by atoms with van der Waals surface area (Å²) in [4.78, 5) is 10.5. The quantitative estimate of drug-likeness (QED) is 0.639. The van der Waals surface area contributed by atoms with Crippen LogP contribution < -0.4 is 0 Å². The number of carboxylic acids is 1. The molecule has 1 N–H and O–H groups in total. The van der Waals surface area contributed by atoms with Crippen molar-refractivity contribution in [2.24, 2.45) is 0 Å². The van der Waals surface area contributed by atoms with E-state index >= 15 is 0 Å². The molecule has 1 aromatic rings. The van der Waals surface area contributed by atoms with Gasteiger partial charge in [-0.2, -0.15) is 0 Å². The molecule has 2 nitrogen and oxygen atoms in total. The van der Waals surface area contributed by atoms with Gasteiger partial charge in [-0.25, -0.2) is 9.18 Å². The van der Waals surface area contributed by atoms with Crippen LogP contribution in [0.15, 0.2) is 12.1 Å². The van der Waals surface area contributed by atoms with E-state index in [1.54, 1.807) is 22.6 Å². The molecule has 0 heterocycles. The molecule has 0 atom stereocenters. The van der Waals surface area contributed by atoms with E-state index in [-0.39, 0.29) is 10.6 Å². The fourth-order valence-electron chi connectivity index (χ4n) is 0.712. The SMILES string of the molecule is O=C(O)c1cc(F)cc(Cl)c1I. The minimum Gasteiger partial charge on any atom is -0.478 e. The summed E-state index contributed by atoms with van der Waals surface area (Å²) in [6, 6.07) is 2.02. The number of rotatable bonds is 1. The molecule has 0 saturated carbocycles. The Morgan fingerprint density at radius 2 is 2.17 bits per heavy atom. The molecule has 5 heteroatoms. The average molecular weight is 300 g/mol. The lowest BCUT2D eigenvalue weighted by Gasteiger charge is -2.00. The summed E-state index contributed by atoms with van der Waals surface area (Å²) in [5, 5.41) is 8.70. The van der Waals surface area contributed by atoms with Crippen molar-refractivity contribution < 1.29 is 14.3 Å². The van der Waals surface area contributed by atoms with E-state index in [4.69, 9.17) is 16.7 Å². The lowest BCUT2D eigenvalue weighted by Crippen LogP contribution is -2.00. The van der Waals surface area contributed by atoms with Gasteiger partial charge < -0.3 is 5.11 Å². The van der Waals surface area contributed by atoms with Gasteiger partial charge in [-0.3, -0.25) is 0 Å². The topological polar surface area (TPSA) is 37.3 Å². The predicted octanol–water partition coefficient (Wildman–Crippen LogP) is 2.78. The molecule has 0 spiro atoms. The van der Waals surface area contributed by atoms with E-state index < -0.39 is 11.8 Å². The molecule has 64 valence electrons. The minimum atomic E-state index is -1.18. The van der Waals surface area contributed by atoms with Gasteiger partial charge in [0.25, 0.3) is 0 Å². The summed E-state index contributed by atoms with van der Waals surface area (Å²) >= 11 is 7.31. The fraction of sp³-hybridized carbons (Fsp3) is 0. The van der Waals surface area contributed by atoms with Gasteiger partial charge in [0, 0.05) is 3.57 Å². The van der Waals surface area contributed by atoms with Crippen LogP contribution in [0.1, 0.15) is 10.4 Å². The Hall–Kier alpha value is -0.360. The van der Waals surface area contributed by atoms with Crippen LogP contribution in [0.4, 0.5) is 4.39 Å². The number of carbonyl (C=O) groups is 1. The Bertz CT molecular complexity index is 340. The van der Waals surface area contributed by atoms with Gasteiger partial charge in [-0.1, -0.05) is 11.6 Å². The van der Waals surface area contributed by atoms with E-state index in [0.717, 1.165) is 12.1 Å². The van der Waals surface area contributed by atoms with Crippen molar-refractivity contribution in [3.05, 3.63) is 32.1 Å². The lowest BCUT2D eigenvalue weighted by molar-refractivity contribution is 0.0695. The summed E-state index contributed by atoms with van der Waals surface area (Å²) < 4.78 is 13.0. The van der Waals surface area contributed by atoms with Crippen LogP contribution in [0.3, 0.4) is 0 Å². The normalized spacial score (nSPS) is 9.92. The number of halogens is 3. The number of hydrogen-bond donors (Lipinski definition) is 1. The second-order valence-electron chi connectivity index (χ2n) is 2.05. The molecule has 1 rings (SSSR count). The molecule has 0 bridgehead atoms. The summed E-state index contributed by atoms with van der Waals surface area (Å²) in [5.74, 6) is -1.82. The van der Waals surface area contributed by atoms with Gasteiger partial charge in [-0.15, -0.1) is 0 Å². The molecule has 0 radical (unpaired) electrons. The third-order valence-electron chi connectivity index (χ3n) is 1.22. The van der Waals surface area contributed by atoms with E-state index in [2.05, 4.69) is 0 Å². The molecule has 0 aliphatic rings. The maximum Gasteiger partial charge on any atom is 0.336 e. The maximum atomic E-state index is 12.6. The average Bonchev–Trinajstić information content (AvgIpc) is 1.96. The summed E-state index contributed by atoms with van der Waals surface area (Å²) in [5.41, 5.74) is -0.111. The zero-order chi connectivity index (χ0) is 9.30. The highest BCUT2D eigenvalue weighted by molar-refractivity contribution is 14.1. The van der Waals surface area contributed by atoms with Crippen LogP contribution in [0.25, 0.3) is 0 Å². The van der Waals surface area contributed by atoms with E-state index in [9.17, 15) is 9.18 Å². The van der Waals surface area contributed by atoms with Crippen molar-refractivity contribution >= 4 is 40.2 Å². The lowest BCUT2D eigenvalue weighted by atomic mass is 10.2. The van der Waals surface area contributed by atoms with Crippen LogP contribution in [0.5, 0.6) is 0 Å². The first kappa shape index (κ1) is 9.73. The van der Waals surface area contributed by atoms with E-state index in [1.165, 1.54) is 0 Å². The van der Waals surface area contributed by atoms with Gasteiger partial charge in [0.1, 0.15) is 5.82 Å². The Morgan fingerprint density at radius 3 is 2.67 bits per heavy atom. The third-order valence-corrected chi connectivity index (χ3v) is 3.00. The Balaban J connectivity index is 3.37. The Morgan fingerprint density at radius 1 is 1.58 bits per heavy atom. The van der Waals surface area contributed by atoms with Crippen LogP contribution in [0.2, 0.25) is 5.02 Å². The van der Waals surface area contributed by atoms with Crippen LogP contribution in [-0.4, -0.2) is 11.1 Å². The van der Waals surface area contributed by atoms with Gasteiger partial charge >= 0.3 is 5.97 Å².